The molecule has 23 heavy (non-hydrogen) atoms. The topological polar surface area (TPSA) is 64.0 Å². The largest absolute Gasteiger partial charge is 0.354 e. The lowest BCUT2D eigenvalue weighted by Crippen LogP contribution is -2.31. The van der Waals surface area contributed by atoms with Crippen molar-refractivity contribution in [1.82, 2.24) is 14.9 Å². The summed E-state index contributed by atoms with van der Waals surface area (Å²) >= 11 is 0. The van der Waals surface area contributed by atoms with Crippen molar-refractivity contribution in [3.8, 4) is 0 Å². The van der Waals surface area contributed by atoms with Gasteiger partial charge in [-0.15, -0.1) is 0 Å². The maximum atomic E-state index is 12.0. The summed E-state index contributed by atoms with van der Waals surface area (Å²) in [5.74, 6) is 0.486. The fourth-order valence-corrected chi connectivity index (χ4v) is 2.52. The molecule has 0 saturated heterocycles. The molecule has 1 aliphatic carbocycles. The smallest absolute Gasteiger partial charge is 0.253 e. The van der Waals surface area contributed by atoms with E-state index in [1.54, 1.807) is 17.0 Å². The number of nitrogens with one attached hydrogen (secondary N) is 1. The molecular weight excluding hydrogens is 290 g/mol. The van der Waals surface area contributed by atoms with Crippen molar-refractivity contribution in [2.45, 2.75) is 38.1 Å². The van der Waals surface area contributed by atoms with Gasteiger partial charge in [0.05, 0.1) is 12.0 Å². The van der Waals surface area contributed by atoms with Gasteiger partial charge in [0.25, 0.3) is 5.56 Å². The van der Waals surface area contributed by atoms with Crippen molar-refractivity contribution >= 4 is 5.91 Å². The molecule has 1 fully saturated rings. The molecule has 3 rings (SSSR count). The second kappa shape index (κ2) is 7.22. The van der Waals surface area contributed by atoms with Gasteiger partial charge >= 0.3 is 0 Å². The third-order valence-corrected chi connectivity index (χ3v) is 4.05. The van der Waals surface area contributed by atoms with Gasteiger partial charge < -0.3 is 5.32 Å². The summed E-state index contributed by atoms with van der Waals surface area (Å²) in [7, 11) is 0. The molecule has 0 spiro atoms. The molecule has 1 saturated carbocycles. The lowest BCUT2D eigenvalue weighted by Gasteiger charge is -2.08. The van der Waals surface area contributed by atoms with Crippen molar-refractivity contribution in [3.63, 3.8) is 0 Å². The molecule has 1 amide bonds. The lowest BCUT2D eigenvalue weighted by atomic mass is 10.1. The van der Waals surface area contributed by atoms with Crippen LogP contribution in [0.25, 0.3) is 0 Å². The van der Waals surface area contributed by atoms with Crippen LogP contribution in [0, 0.1) is 0 Å². The molecule has 1 N–H and O–H groups in total. The van der Waals surface area contributed by atoms with Crippen LogP contribution in [0.1, 0.15) is 36.4 Å². The normalized spacial score (nSPS) is 13.7. The number of nitrogens with zero attached hydrogens (tertiary/aromatic N) is 2. The molecule has 1 aromatic carbocycles. The molecule has 120 valence electrons. The standard InChI is InChI=1S/C18H21N3O2/c22-17(9-6-14-4-2-1-3-5-14)19-10-11-21-13-20-16(12-18(21)23)15-7-8-15/h1-5,12-13,15H,6-11H2,(H,19,22). The fraction of sp³-hybridized carbons (Fsp3) is 0.389. The van der Waals surface area contributed by atoms with E-state index in [1.807, 2.05) is 30.3 Å². The first-order chi connectivity index (χ1) is 11.2. The SMILES string of the molecule is O=C(CCc1ccccc1)NCCn1cnc(C2CC2)cc1=O. The van der Waals surface area contributed by atoms with Gasteiger partial charge in [-0.05, 0) is 24.8 Å². The van der Waals surface area contributed by atoms with Gasteiger partial charge in [0, 0.05) is 31.5 Å². The van der Waals surface area contributed by atoms with Gasteiger partial charge in [-0.2, -0.15) is 0 Å². The third-order valence-electron chi connectivity index (χ3n) is 4.05. The first-order valence-electron chi connectivity index (χ1n) is 8.09. The molecule has 1 heterocycles. The van der Waals surface area contributed by atoms with Crippen LogP contribution in [-0.4, -0.2) is 22.0 Å². The molecule has 0 radical (unpaired) electrons. The number of aromatic nitrogens is 2. The number of benzene rings is 1. The third kappa shape index (κ3) is 4.52. The van der Waals surface area contributed by atoms with Gasteiger partial charge in [0.1, 0.15) is 0 Å². The Kier molecular flexibility index (Phi) is 4.86. The van der Waals surface area contributed by atoms with E-state index in [0.29, 0.717) is 25.4 Å². The number of amides is 1. The highest BCUT2D eigenvalue weighted by Crippen LogP contribution is 2.38. The van der Waals surface area contributed by atoms with Crippen LogP contribution in [0.3, 0.4) is 0 Å². The van der Waals surface area contributed by atoms with Crippen LogP contribution in [0.2, 0.25) is 0 Å². The van der Waals surface area contributed by atoms with Crippen molar-refractivity contribution in [1.29, 1.82) is 0 Å². The molecule has 0 atom stereocenters. The first-order valence-corrected chi connectivity index (χ1v) is 8.09. The second-order valence-electron chi connectivity index (χ2n) is 5.96. The van der Waals surface area contributed by atoms with E-state index in [9.17, 15) is 9.59 Å². The Balaban J connectivity index is 1.42. The minimum atomic E-state index is -0.0413. The van der Waals surface area contributed by atoms with Gasteiger partial charge in [-0.3, -0.25) is 14.2 Å². The Hall–Kier alpha value is -2.43. The molecule has 0 bridgehead atoms. The average molecular weight is 311 g/mol. The highest BCUT2D eigenvalue weighted by molar-refractivity contribution is 5.76. The monoisotopic (exact) mass is 311 g/mol. The predicted octanol–water partition coefficient (Wildman–Crippen LogP) is 1.87. The van der Waals surface area contributed by atoms with Gasteiger partial charge in [-0.25, -0.2) is 4.98 Å². The first kappa shape index (κ1) is 15.5. The van der Waals surface area contributed by atoms with Gasteiger partial charge in [0.15, 0.2) is 0 Å². The zero-order valence-corrected chi connectivity index (χ0v) is 13.1. The maximum Gasteiger partial charge on any atom is 0.253 e. The van der Waals surface area contributed by atoms with Crippen LogP contribution in [0.4, 0.5) is 0 Å². The summed E-state index contributed by atoms with van der Waals surface area (Å²) in [4.78, 5) is 28.1. The average Bonchev–Trinajstić information content (AvgIpc) is 3.40. The Morgan fingerprint density at radius 2 is 2.04 bits per heavy atom. The second-order valence-corrected chi connectivity index (χ2v) is 5.96. The summed E-state index contributed by atoms with van der Waals surface area (Å²) in [6.07, 6.45) is 5.04. The van der Waals surface area contributed by atoms with Crippen molar-refractivity contribution in [2.24, 2.45) is 0 Å². The van der Waals surface area contributed by atoms with Crippen LogP contribution in [-0.2, 0) is 17.8 Å². The van der Waals surface area contributed by atoms with E-state index in [4.69, 9.17) is 0 Å². The minimum absolute atomic E-state index is 0.00413. The minimum Gasteiger partial charge on any atom is -0.354 e. The molecule has 0 unspecified atom stereocenters. The van der Waals surface area contributed by atoms with E-state index < -0.39 is 0 Å². The van der Waals surface area contributed by atoms with Crippen molar-refractivity contribution < 1.29 is 4.79 Å². The van der Waals surface area contributed by atoms with E-state index in [2.05, 4.69) is 10.3 Å². The Labute approximate surface area is 135 Å². The predicted molar refractivity (Wildman–Crippen MR) is 88.2 cm³/mol. The summed E-state index contributed by atoms with van der Waals surface area (Å²) in [6.45, 7) is 0.895. The highest BCUT2D eigenvalue weighted by Gasteiger charge is 2.25. The van der Waals surface area contributed by atoms with Crippen LogP contribution in [0.15, 0.2) is 47.5 Å². The van der Waals surface area contributed by atoms with E-state index in [0.717, 1.165) is 30.5 Å². The van der Waals surface area contributed by atoms with Crippen LogP contribution >= 0.6 is 0 Å². The zero-order chi connectivity index (χ0) is 16.1. The quantitative estimate of drug-likeness (QED) is 0.849. The fourth-order valence-electron chi connectivity index (χ4n) is 2.52. The number of rotatable bonds is 7. The van der Waals surface area contributed by atoms with Crippen molar-refractivity contribution in [2.75, 3.05) is 6.54 Å². The van der Waals surface area contributed by atoms with Crippen LogP contribution < -0.4 is 10.9 Å². The number of hydrogen-bond acceptors (Lipinski definition) is 3. The van der Waals surface area contributed by atoms with Crippen molar-refractivity contribution in [3.05, 3.63) is 64.3 Å². The van der Waals surface area contributed by atoms with E-state index in [-0.39, 0.29) is 11.5 Å². The molecule has 0 aliphatic heterocycles. The highest BCUT2D eigenvalue weighted by atomic mass is 16.1. The van der Waals surface area contributed by atoms with Gasteiger partial charge in [0.2, 0.25) is 5.91 Å². The Morgan fingerprint density at radius 3 is 2.74 bits per heavy atom. The van der Waals surface area contributed by atoms with E-state index >= 15 is 0 Å². The Morgan fingerprint density at radius 1 is 1.26 bits per heavy atom. The molecule has 1 aromatic heterocycles. The summed E-state index contributed by atoms with van der Waals surface area (Å²) in [5, 5.41) is 2.85. The molecule has 1 aliphatic rings. The number of hydrogen-bond donors (Lipinski definition) is 1. The summed E-state index contributed by atoms with van der Waals surface area (Å²) < 4.78 is 1.54. The summed E-state index contributed by atoms with van der Waals surface area (Å²) in [5.41, 5.74) is 2.01. The van der Waals surface area contributed by atoms with E-state index in [1.165, 1.54) is 0 Å². The summed E-state index contributed by atoms with van der Waals surface area (Å²) in [6, 6.07) is 11.6. The number of aryl methyl sites for hydroxylation is 1. The van der Waals surface area contributed by atoms with Crippen LogP contribution in [0.5, 0.6) is 0 Å². The molecular formula is C18H21N3O2. The number of carbonyl (C=O) groups is 1. The maximum absolute atomic E-state index is 12.0. The lowest BCUT2D eigenvalue weighted by molar-refractivity contribution is -0.121. The van der Waals surface area contributed by atoms with Gasteiger partial charge in [-0.1, -0.05) is 30.3 Å². The molecule has 2 aromatic rings. The molecule has 5 nitrogen and oxygen atoms in total. The molecule has 5 heteroatoms. The number of carbonyl (C=O) groups excluding carboxylic acids is 1. The zero-order valence-electron chi connectivity index (χ0n) is 13.1. The Bertz CT molecular complexity index is 721.